The molecule has 0 aromatic heterocycles. The number of benzene rings is 1. The van der Waals surface area contributed by atoms with Crippen LogP contribution in [0.3, 0.4) is 0 Å². The molecule has 0 radical (unpaired) electrons. The Balaban J connectivity index is 3.12. The van der Waals surface area contributed by atoms with Crippen molar-refractivity contribution in [2.24, 2.45) is 0 Å². The van der Waals surface area contributed by atoms with Crippen molar-refractivity contribution in [1.82, 2.24) is 0 Å². The van der Waals surface area contributed by atoms with Gasteiger partial charge in [0.15, 0.2) is 5.78 Å². The SMILES string of the molecule is CC(=O)c1ccc(CF)cc1Cl. The third-order valence-corrected chi connectivity index (χ3v) is 1.88. The van der Waals surface area contributed by atoms with Gasteiger partial charge in [-0.2, -0.15) is 0 Å². The van der Waals surface area contributed by atoms with Gasteiger partial charge >= 0.3 is 0 Å². The Kier molecular flexibility index (Phi) is 2.82. The highest BCUT2D eigenvalue weighted by Crippen LogP contribution is 2.18. The minimum absolute atomic E-state index is 0.106. The molecule has 0 aliphatic heterocycles. The van der Waals surface area contributed by atoms with Crippen molar-refractivity contribution in [2.75, 3.05) is 0 Å². The summed E-state index contributed by atoms with van der Waals surface area (Å²) < 4.78 is 12.1. The molecule has 0 saturated heterocycles. The monoisotopic (exact) mass is 186 g/mol. The summed E-state index contributed by atoms with van der Waals surface area (Å²) in [7, 11) is 0. The second kappa shape index (κ2) is 3.68. The molecule has 0 spiro atoms. The molecular formula is C9H8ClFO. The Hall–Kier alpha value is -0.890. The van der Waals surface area contributed by atoms with E-state index in [0.29, 0.717) is 16.1 Å². The Morgan fingerprint density at radius 2 is 2.25 bits per heavy atom. The number of halogens is 2. The Morgan fingerprint density at radius 3 is 2.67 bits per heavy atom. The van der Waals surface area contributed by atoms with Gasteiger partial charge in [0.25, 0.3) is 0 Å². The normalized spacial score (nSPS) is 9.92. The van der Waals surface area contributed by atoms with Crippen molar-refractivity contribution >= 4 is 17.4 Å². The van der Waals surface area contributed by atoms with Crippen molar-refractivity contribution in [3.63, 3.8) is 0 Å². The first-order chi connectivity index (χ1) is 5.65. The van der Waals surface area contributed by atoms with Crippen LogP contribution < -0.4 is 0 Å². The van der Waals surface area contributed by atoms with Crippen LogP contribution in [-0.4, -0.2) is 5.78 Å². The zero-order valence-corrected chi connectivity index (χ0v) is 7.36. The zero-order valence-electron chi connectivity index (χ0n) is 6.60. The van der Waals surface area contributed by atoms with Crippen molar-refractivity contribution in [3.05, 3.63) is 34.3 Å². The molecule has 1 aromatic rings. The summed E-state index contributed by atoms with van der Waals surface area (Å²) in [4.78, 5) is 10.9. The summed E-state index contributed by atoms with van der Waals surface area (Å²) in [5.74, 6) is -0.106. The summed E-state index contributed by atoms with van der Waals surface area (Å²) in [6.07, 6.45) is 0. The minimum Gasteiger partial charge on any atom is -0.294 e. The highest BCUT2D eigenvalue weighted by atomic mass is 35.5. The number of hydrogen-bond donors (Lipinski definition) is 0. The number of hydrogen-bond acceptors (Lipinski definition) is 1. The number of rotatable bonds is 2. The maximum atomic E-state index is 12.1. The molecule has 1 rings (SSSR count). The predicted octanol–water partition coefficient (Wildman–Crippen LogP) is 3.01. The molecule has 0 unspecified atom stereocenters. The van der Waals surface area contributed by atoms with Crippen LogP contribution in [0.15, 0.2) is 18.2 Å². The molecule has 64 valence electrons. The molecule has 0 atom stereocenters. The van der Waals surface area contributed by atoms with Crippen LogP contribution in [0.2, 0.25) is 5.02 Å². The fourth-order valence-electron chi connectivity index (χ4n) is 0.927. The Morgan fingerprint density at radius 1 is 1.58 bits per heavy atom. The van der Waals surface area contributed by atoms with E-state index in [-0.39, 0.29) is 5.78 Å². The smallest absolute Gasteiger partial charge is 0.161 e. The van der Waals surface area contributed by atoms with Crippen LogP contribution >= 0.6 is 11.6 Å². The summed E-state index contributed by atoms with van der Waals surface area (Å²) in [6.45, 7) is 0.869. The minimum atomic E-state index is -0.558. The first-order valence-corrected chi connectivity index (χ1v) is 3.88. The van der Waals surface area contributed by atoms with E-state index < -0.39 is 6.67 Å². The summed E-state index contributed by atoms with van der Waals surface area (Å²) in [6, 6.07) is 4.57. The molecule has 0 N–H and O–H groups in total. The fraction of sp³-hybridized carbons (Fsp3) is 0.222. The van der Waals surface area contributed by atoms with Crippen molar-refractivity contribution in [2.45, 2.75) is 13.6 Å². The van der Waals surface area contributed by atoms with E-state index in [0.717, 1.165) is 0 Å². The summed E-state index contributed by atoms with van der Waals surface area (Å²) >= 11 is 5.72. The average molecular weight is 187 g/mol. The van der Waals surface area contributed by atoms with E-state index in [9.17, 15) is 9.18 Å². The fourth-order valence-corrected chi connectivity index (χ4v) is 1.26. The second-order valence-corrected chi connectivity index (χ2v) is 2.91. The zero-order chi connectivity index (χ0) is 9.14. The van der Waals surface area contributed by atoms with E-state index >= 15 is 0 Å². The molecule has 3 heteroatoms. The van der Waals surface area contributed by atoms with Crippen LogP contribution in [0.5, 0.6) is 0 Å². The first kappa shape index (κ1) is 9.20. The number of carbonyl (C=O) groups excluding carboxylic acids is 1. The number of Topliss-reactive ketones (excluding diaryl/α,β-unsaturated/α-hetero) is 1. The lowest BCUT2D eigenvalue weighted by atomic mass is 10.1. The molecule has 0 amide bonds. The van der Waals surface area contributed by atoms with Crippen LogP contribution in [0.25, 0.3) is 0 Å². The lowest BCUT2D eigenvalue weighted by molar-refractivity contribution is 0.101. The van der Waals surface area contributed by atoms with Crippen LogP contribution in [0.4, 0.5) is 4.39 Å². The maximum Gasteiger partial charge on any atom is 0.161 e. The van der Waals surface area contributed by atoms with Crippen LogP contribution in [-0.2, 0) is 6.67 Å². The topological polar surface area (TPSA) is 17.1 Å². The number of carbonyl (C=O) groups is 1. The van der Waals surface area contributed by atoms with Gasteiger partial charge in [-0.1, -0.05) is 17.7 Å². The molecule has 0 bridgehead atoms. The van der Waals surface area contributed by atoms with Crippen molar-refractivity contribution < 1.29 is 9.18 Å². The third-order valence-electron chi connectivity index (χ3n) is 1.57. The number of ketones is 1. The van der Waals surface area contributed by atoms with Gasteiger partial charge in [-0.15, -0.1) is 0 Å². The largest absolute Gasteiger partial charge is 0.294 e. The summed E-state index contributed by atoms with van der Waals surface area (Å²) in [5.41, 5.74) is 0.930. The van der Waals surface area contributed by atoms with Gasteiger partial charge in [-0.05, 0) is 24.6 Å². The Bertz CT molecular complexity index is 309. The van der Waals surface area contributed by atoms with Crippen molar-refractivity contribution in [3.8, 4) is 0 Å². The molecule has 1 aromatic carbocycles. The van der Waals surface area contributed by atoms with Crippen molar-refractivity contribution in [1.29, 1.82) is 0 Å². The molecule has 12 heavy (non-hydrogen) atoms. The standard InChI is InChI=1S/C9H8ClFO/c1-6(12)8-3-2-7(5-11)4-9(8)10/h2-4H,5H2,1H3. The molecule has 0 aliphatic rings. The molecule has 0 saturated carbocycles. The molecule has 0 heterocycles. The van der Waals surface area contributed by atoms with E-state index in [1.165, 1.54) is 13.0 Å². The number of alkyl halides is 1. The van der Waals surface area contributed by atoms with Gasteiger partial charge in [-0.25, -0.2) is 4.39 Å². The lowest BCUT2D eigenvalue weighted by Gasteiger charge is -2.00. The van der Waals surface area contributed by atoms with Crippen LogP contribution in [0.1, 0.15) is 22.8 Å². The molecule has 0 aliphatic carbocycles. The van der Waals surface area contributed by atoms with Gasteiger partial charge in [0.1, 0.15) is 6.67 Å². The highest BCUT2D eigenvalue weighted by molar-refractivity contribution is 6.33. The predicted molar refractivity (Wildman–Crippen MR) is 46.3 cm³/mol. The third kappa shape index (κ3) is 1.83. The van der Waals surface area contributed by atoms with E-state index in [1.807, 2.05) is 0 Å². The van der Waals surface area contributed by atoms with Crippen LogP contribution in [0, 0.1) is 0 Å². The molecular weight excluding hydrogens is 179 g/mol. The average Bonchev–Trinajstić information content (AvgIpc) is 2.03. The van der Waals surface area contributed by atoms with Gasteiger partial charge in [0.2, 0.25) is 0 Å². The van der Waals surface area contributed by atoms with E-state index in [1.54, 1.807) is 12.1 Å². The quantitative estimate of drug-likeness (QED) is 0.649. The second-order valence-electron chi connectivity index (χ2n) is 2.50. The van der Waals surface area contributed by atoms with Gasteiger partial charge in [0, 0.05) is 5.56 Å². The lowest BCUT2D eigenvalue weighted by Crippen LogP contribution is -1.93. The summed E-state index contributed by atoms with van der Waals surface area (Å²) in [5, 5.41) is 0.317. The highest BCUT2D eigenvalue weighted by Gasteiger charge is 2.05. The Labute approximate surface area is 75.2 Å². The van der Waals surface area contributed by atoms with E-state index in [4.69, 9.17) is 11.6 Å². The maximum absolute atomic E-state index is 12.1. The van der Waals surface area contributed by atoms with Gasteiger partial charge < -0.3 is 0 Å². The van der Waals surface area contributed by atoms with Gasteiger partial charge in [-0.3, -0.25) is 4.79 Å². The van der Waals surface area contributed by atoms with E-state index in [2.05, 4.69) is 0 Å². The first-order valence-electron chi connectivity index (χ1n) is 3.50. The molecule has 1 nitrogen and oxygen atoms in total. The van der Waals surface area contributed by atoms with Gasteiger partial charge in [0.05, 0.1) is 5.02 Å². The molecule has 0 fully saturated rings.